The SMILES string of the molecule is CCOC(=O)C(Sc1ncccn1)/C(C)=N/NC(=O)Nc1ccccc1. The Labute approximate surface area is 155 Å². The first-order valence-electron chi connectivity index (χ1n) is 7.86. The Morgan fingerprint density at radius 2 is 1.88 bits per heavy atom. The van der Waals surface area contributed by atoms with Crippen LogP contribution in [0.4, 0.5) is 10.5 Å². The van der Waals surface area contributed by atoms with E-state index in [1.165, 1.54) is 0 Å². The van der Waals surface area contributed by atoms with Gasteiger partial charge in [0.1, 0.15) is 5.25 Å². The second-order valence-electron chi connectivity index (χ2n) is 4.97. The normalized spacial score (nSPS) is 12.2. The van der Waals surface area contributed by atoms with Crippen molar-refractivity contribution in [1.29, 1.82) is 0 Å². The zero-order valence-corrected chi connectivity index (χ0v) is 15.2. The van der Waals surface area contributed by atoms with E-state index in [1.807, 2.05) is 6.07 Å². The summed E-state index contributed by atoms with van der Waals surface area (Å²) < 4.78 is 5.08. The Morgan fingerprint density at radius 1 is 1.19 bits per heavy atom. The van der Waals surface area contributed by atoms with E-state index < -0.39 is 17.3 Å². The van der Waals surface area contributed by atoms with Crippen molar-refractivity contribution >= 4 is 35.2 Å². The number of thioether (sulfide) groups is 1. The van der Waals surface area contributed by atoms with E-state index in [0.29, 0.717) is 16.6 Å². The van der Waals surface area contributed by atoms with Gasteiger partial charge in [0.2, 0.25) is 0 Å². The smallest absolute Gasteiger partial charge is 0.339 e. The number of hydrogen-bond donors (Lipinski definition) is 2. The number of nitrogens with one attached hydrogen (secondary N) is 2. The lowest BCUT2D eigenvalue weighted by molar-refractivity contribution is -0.141. The second kappa shape index (κ2) is 10.1. The fourth-order valence-corrected chi connectivity index (χ4v) is 2.69. The van der Waals surface area contributed by atoms with E-state index in [9.17, 15) is 9.59 Å². The third-order valence-corrected chi connectivity index (χ3v) is 4.20. The maximum Gasteiger partial charge on any atom is 0.339 e. The first-order valence-corrected chi connectivity index (χ1v) is 8.74. The lowest BCUT2D eigenvalue weighted by atomic mass is 10.3. The van der Waals surface area contributed by atoms with Gasteiger partial charge in [0.25, 0.3) is 0 Å². The number of benzene rings is 1. The van der Waals surface area contributed by atoms with Crippen LogP contribution in [0.3, 0.4) is 0 Å². The highest BCUT2D eigenvalue weighted by Crippen LogP contribution is 2.21. The van der Waals surface area contributed by atoms with Gasteiger partial charge in [-0.15, -0.1) is 0 Å². The van der Waals surface area contributed by atoms with Crippen LogP contribution in [0.25, 0.3) is 0 Å². The number of ether oxygens (including phenoxy) is 1. The zero-order chi connectivity index (χ0) is 18.8. The van der Waals surface area contributed by atoms with Gasteiger partial charge in [-0.3, -0.25) is 4.79 Å². The van der Waals surface area contributed by atoms with Gasteiger partial charge in [-0.25, -0.2) is 20.2 Å². The molecular weight excluding hydrogens is 354 g/mol. The summed E-state index contributed by atoms with van der Waals surface area (Å²) in [4.78, 5) is 32.3. The van der Waals surface area contributed by atoms with Gasteiger partial charge in [-0.1, -0.05) is 30.0 Å². The summed E-state index contributed by atoms with van der Waals surface area (Å²) in [5.74, 6) is -0.475. The highest BCUT2D eigenvalue weighted by molar-refractivity contribution is 8.01. The van der Waals surface area contributed by atoms with Crippen LogP contribution in [-0.4, -0.2) is 39.5 Å². The molecule has 0 aliphatic heterocycles. The van der Waals surface area contributed by atoms with Crippen LogP contribution in [0.5, 0.6) is 0 Å². The summed E-state index contributed by atoms with van der Waals surface area (Å²) in [6.07, 6.45) is 3.16. The average Bonchev–Trinajstić information content (AvgIpc) is 2.66. The Kier molecular flexibility index (Phi) is 7.56. The summed E-state index contributed by atoms with van der Waals surface area (Å²) in [5, 5.41) is 6.27. The van der Waals surface area contributed by atoms with E-state index >= 15 is 0 Å². The Balaban J connectivity index is 2.04. The number of hydrazone groups is 1. The molecule has 1 aromatic carbocycles. The Hall–Kier alpha value is -2.94. The number of rotatable bonds is 7. The second-order valence-corrected chi connectivity index (χ2v) is 6.04. The van der Waals surface area contributed by atoms with Gasteiger partial charge >= 0.3 is 12.0 Å². The number of nitrogens with zero attached hydrogens (tertiary/aromatic N) is 3. The van der Waals surface area contributed by atoms with E-state index in [1.54, 1.807) is 56.6 Å². The molecule has 1 unspecified atom stereocenters. The molecule has 1 atom stereocenters. The lowest BCUT2D eigenvalue weighted by Crippen LogP contribution is -2.31. The quantitative estimate of drug-likeness (QED) is 0.254. The van der Waals surface area contributed by atoms with E-state index in [0.717, 1.165) is 11.8 Å². The summed E-state index contributed by atoms with van der Waals surface area (Å²) in [5.41, 5.74) is 3.37. The molecule has 1 aromatic heterocycles. The molecule has 2 amide bonds. The van der Waals surface area contributed by atoms with Crippen molar-refractivity contribution in [3.8, 4) is 0 Å². The summed E-state index contributed by atoms with van der Waals surface area (Å²) in [7, 11) is 0. The zero-order valence-electron chi connectivity index (χ0n) is 14.4. The molecule has 1 heterocycles. The highest BCUT2D eigenvalue weighted by Gasteiger charge is 2.26. The minimum Gasteiger partial charge on any atom is -0.465 e. The molecule has 8 nitrogen and oxygen atoms in total. The number of urea groups is 1. The van der Waals surface area contributed by atoms with Gasteiger partial charge in [0, 0.05) is 18.1 Å². The minimum absolute atomic E-state index is 0.237. The topological polar surface area (TPSA) is 106 Å². The first kappa shape index (κ1) is 19.4. The molecule has 0 aliphatic rings. The number of esters is 1. The van der Waals surface area contributed by atoms with Gasteiger partial charge in [0.15, 0.2) is 5.16 Å². The van der Waals surface area contributed by atoms with Crippen LogP contribution < -0.4 is 10.7 Å². The van der Waals surface area contributed by atoms with Gasteiger partial charge < -0.3 is 10.1 Å². The van der Waals surface area contributed by atoms with Crippen molar-refractivity contribution in [2.24, 2.45) is 5.10 Å². The molecule has 2 rings (SSSR count). The molecule has 0 spiro atoms. The molecule has 9 heteroatoms. The molecule has 0 bridgehead atoms. The maximum atomic E-state index is 12.2. The van der Waals surface area contributed by atoms with Crippen LogP contribution >= 0.6 is 11.8 Å². The van der Waals surface area contributed by atoms with Crippen molar-refractivity contribution in [3.05, 3.63) is 48.8 Å². The van der Waals surface area contributed by atoms with Crippen LogP contribution in [0.15, 0.2) is 59.0 Å². The fraction of sp³-hybridized carbons (Fsp3) is 0.235. The van der Waals surface area contributed by atoms with E-state index in [-0.39, 0.29) is 6.61 Å². The number of amides is 2. The summed E-state index contributed by atoms with van der Waals surface area (Å²) in [6.45, 7) is 3.58. The van der Waals surface area contributed by atoms with Gasteiger partial charge in [0.05, 0.1) is 12.3 Å². The predicted octanol–water partition coefficient (Wildman–Crippen LogP) is 2.70. The van der Waals surface area contributed by atoms with E-state index in [2.05, 4.69) is 25.8 Å². The van der Waals surface area contributed by atoms with Crippen molar-refractivity contribution in [3.63, 3.8) is 0 Å². The van der Waals surface area contributed by atoms with Crippen molar-refractivity contribution < 1.29 is 14.3 Å². The van der Waals surface area contributed by atoms with Crippen molar-refractivity contribution in [1.82, 2.24) is 15.4 Å². The molecule has 136 valence electrons. The molecule has 0 saturated heterocycles. The van der Waals surface area contributed by atoms with Crippen molar-refractivity contribution in [2.45, 2.75) is 24.3 Å². The Morgan fingerprint density at radius 3 is 2.54 bits per heavy atom. The molecule has 2 N–H and O–H groups in total. The van der Waals surface area contributed by atoms with Crippen LogP contribution in [-0.2, 0) is 9.53 Å². The van der Waals surface area contributed by atoms with E-state index in [4.69, 9.17) is 4.74 Å². The largest absolute Gasteiger partial charge is 0.465 e. The molecule has 26 heavy (non-hydrogen) atoms. The number of hydrogen-bond acceptors (Lipinski definition) is 7. The molecule has 2 aromatic rings. The summed E-state index contributed by atoms with van der Waals surface area (Å²) in [6, 6.07) is 10.1. The monoisotopic (exact) mass is 373 g/mol. The maximum absolute atomic E-state index is 12.2. The van der Waals surface area contributed by atoms with Gasteiger partial charge in [-0.05, 0) is 32.0 Å². The highest BCUT2D eigenvalue weighted by atomic mass is 32.2. The standard InChI is InChI=1S/C17H19N5O3S/c1-3-25-15(23)14(26-17-18-10-7-11-19-17)12(2)21-22-16(24)20-13-8-5-4-6-9-13/h4-11,14H,3H2,1-2H3,(H2,20,22,24)/b21-12+. The van der Waals surface area contributed by atoms with Crippen LogP contribution in [0.1, 0.15) is 13.8 Å². The van der Waals surface area contributed by atoms with Crippen LogP contribution in [0.2, 0.25) is 0 Å². The molecule has 0 radical (unpaired) electrons. The Bertz CT molecular complexity index is 756. The molecule has 0 fully saturated rings. The summed E-state index contributed by atoms with van der Waals surface area (Å²) >= 11 is 1.10. The molecular formula is C17H19N5O3S. The number of carbonyl (C=O) groups is 2. The van der Waals surface area contributed by atoms with Crippen molar-refractivity contribution in [2.75, 3.05) is 11.9 Å². The lowest BCUT2D eigenvalue weighted by Gasteiger charge is -2.14. The first-order chi connectivity index (χ1) is 12.6. The van der Waals surface area contributed by atoms with Crippen LogP contribution in [0, 0.1) is 0 Å². The number of carbonyl (C=O) groups excluding carboxylic acids is 2. The number of para-hydroxylation sites is 1. The average molecular weight is 373 g/mol. The number of aromatic nitrogens is 2. The fourth-order valence-electron chi connectivity index (χ4n) is 1.85. The number of anilines is 1. The molecule has 0 aliphatic carbocycles. The third-order valence-electron chi connectivity index (χ3n) is 3.01. The molecule has 0 saturated carbocycles. The predicted molar refractivity (Wildman–Crippen MR) is 100 cm³/mol. The van der Waals surface area contributed by atoms with Gasteiger partial charge in [-0.2, -0.15) is 5.10 Å². The minimum atomic E-state index is -0.769. The third kappa shape index (κ3) is 6.17.